The lowest BCUT2D eigenvalue weighted by Crippen LogP contribution is -2.44. The molecule has 10 rings (SSSR count). The minimum Gasteiger partial charge on any atom is -0.437 e. The van der Waals surface area contributed by atoms with E-state index in [0.29, 0.717) is 5.71 Å². The summed E-state index contributed by atoms with van der Waals surface area (Å²) in [5, 5.41) is 4.78. The maximum atomic E-state index is 6.42. The normalized spacial score (nSPS) is 17.0. The molecular weight excluding hydrogens is 476 g/mol. The van der Waals surface area contributed by atoms with Crippen LogP contribution in [0.1, 0.15) is 50.9 Å². The molecule has 2 atom stereocenters. The van der Waals surface area contributed by atoms with Crippen LogP contribution in [0.3, 0.4) is 0 Å². The van der Waals surface area contributed by atoms with E-state index >= 15 is 0 Å². The van der Waals surface area contributed by atoms with E-state index in [9.17, 15) is 0 Å². The molecule has 184 valence electrons. The first-order chi connectivity index (χ1) is 19.2. The first-order valence-electron chi connectivity index (χ1n) is 13.6. The van der Waals surface area contributed by atoms with Crippen LogP contribution in [0.2, 0.25) is 0 Å². The molecule has 2 bridgehead atoms. The third-order valence-corrected chi connectivity index (χ3v) is 9.10. The fourth-order valence-electron chi connectivity index (χ4n) is 7.41. The number of aromatic nitrogens is 2. The molecule has 3 aliphatic carbocycles. The fourth-order valence-corrected chi connectivity index (χ4v) is 7.41. The molecule has 0 saturated heterocycles. The maximum Gasteiger partial charge on any atom is 0.227 e. The topological polar surface area (TPSA) is 29.9 Å². The van der Waals surface area contributed by atoms with E-state index in [1.807, 2.05) is 6.07 Å². The van der Waals surface area contributed by atoms with Crippen molar-refractivity contribution in [2.45, 2.75) is 18.8 Å². The van der Waals surface area contributed by atoms with Crippen LogP contribution in [0.15, 0.2) is 108 Å². The molecule has 4 aromatic carbocycles. The highest BCUT2D eigenvalue weighted by Gasteiger charge is 2.47. The first-order valence-corrected chi connectivity index (χ1v) is 13.6. The van der Waals surface area contributed by atoms with E-state index in [-0.39, 0.29) is 11.8 Å². The van der Waals surface area contributed by atoms with Gasteiger partial charge in [0, 0.05) is 34.5 Å². The van der Waals surface area contributed by atoms with E-state index in [1.165, 1.54) is 55.5 Å². The predicted octanol–water partition coefficient (Wildman–Crippen LogP) is 7.92. The molecule has 0 saturated carbocycles. The van der Waals surface area contributed by atoms with E-state index < -0.39 is 0 Å². The highest BCUT2D eigenvalue weighted by Crippen LogP contribution is 2.55. The van der Waals surface area contributed by atoms with Crippen molar-refractivity contribution in [2.75, 3.05) is 0 Å². The second-order valence-corrected chi connectivity index (χ2v) is 11.0. The zero-order valence-electron chi connectivity index (χ0n) is 21.8. The molecule has 3 aromatic heterocycles. The highest BCUT2D eigenvalue weighted by molar-refractivity contribution is 6.08. The van der Waals surface area contributed by atoms with Gasteiger partial charge in [0.2, 0.25) is 11.4 Å². The summed E-state index contributed by atoms with van der Waals surface area (Å²) in [4.78, 5) is 4.51. The van der Waals surface area contributed by atoms with Gasteiger partial charge in [-0.25, -0.2) is 4.98 Å². The summed E-state index contributed by atoms with van der Waals surface area (Å²) in [7, 11) is 2.23. The summed E-state index contributed by atoms with van der Waals surface area (Å²) in [5.74, 6) is 0.413. The van der Waals surface area contributed by atoms with Crippen molar-refractivity contribution < 1.29 is 8.98 Å². The Balaban J connectivity index is 1.35. The number of fused-ring (bicyclic) bond motifs is 4. The summed E-state index contributed by atoms with van der Waals surface area (Å²) >= 11 is 0. The first kappa shape index (κ1) is 21.2. The molecule has 7 aromatic rings. The average Bonchev–Trinajstić information content (AvgIpc) is 3.35. The number of aryl methyl sites for hydroxylation is 1. The molecule has 0 spiro atoms. The van der Waals surface area contributed by atoms with Gasteiger partial charge in [0.05, 0.1) is 11.5 Å². The number of pyridine rings is 2. The lowest BCUT2D eigenvalue weighted by Gasteiger charge is -2.40. The van der Waals surface area contributed by atoms with Crippen LogP contribution in [-0.2, 0) is 7.05 Å². The van der Waals surface area contributed by atoms with Crippen molar-refractivity contribution >= 4 is 32.8 Å². The van der Waals surface area contributed by atoms with Gasteiger partial charge in [-0.05, 0) is 75.8 Å². The minimum absolute atomic E-state index is 0.183. The Labute approximate surface area is 226 Å². The lowest BCUT2D eigenvalue weighted by molar-refractivity contribution is -0.669. The highest BCUT2D eigenvalue weighted by atomic mass is 16.3. The third-order valence-electron chi connectivity index (χ3n) is 9.10. The second-order valence-electron chi connectivity index (χ2n) is 11.0. The van der Waals surface area contributed by atoms with Crippen molar-refractivity contribution in [3.8, 4) is 11.3 Å². The summed E-state index contributed by atoms with van der Waals surface area (Å²) in [6.45, 7) is 2.18. The standard InChI is InChI=1S/C36H25N2O/c1-20-13-14-25-26-12-7-17-37-36(26)39-35(25)31(20)30-16-15-27-32-23-10-5-6-11-24(23)33(34(27)38(30)2)29-19-22-9-4-3-8-21(22)18-28(29)32/h3-19,32-33H,1-2H3/q+1. The van der Waals surface area contributed by atoms with Crippen LogP contribution in [-0.4, -0.2) is 4.98 Å². The smallest absolute Gasteiger partial charge is 0.227 e. The third kappa shape index (κ3) is 2.67. The molecule has 0 radical (unpaired) electrons. The summed E-state index contributed by atoms with van der Waals surface area (Å²) in [6, 6.07) is 35.8. The van der Waals surface area contributed by atoms with E-state index in [2.05, 4.69) is 115 Å². The molecule has 3 nitrogen and oxygen atoms in total. The van der Waals surface area contributed by atoms with Crippen molar-refractivity contribution in [1.29, 1.82) is 0 Å². The minimum atomic E-state index is 0.183. The van der Waals surface area contributed by atoms with E-state index in [0.717, 1.165) is 21.9 Å². The Morgan fingerprint density at radius 1 is 0.667 bits per heavy atom. The van der Waals surface area contributed by atoms with Gasteiger partial charge in [-0.2, -0.15) is 4.57 Å². The Bertz CT molecular complexity index is 2170. The summed E-state index contributed by atoms with van der Waals surface area (Å²) in [6.07, 6.45) is 1.80. The monoisotopic (exact) mass is 501 g/mol. The summed E-state index contributed by atoms with van der Waals surface area (Å²) < 4.78 is 8.85. The molecule has 2 unspecified atom stereocenters. The Morgan fingerprint density at radius 3 is 2.18 bits per heavy atom. The fraction of sp³-hybridized carbons (Fsp3) is 0.111. The number of benzene rings is 4. The molecule has 3 heterocycles. The average molecular weight is 502 g/mol. The van der Waals surface area contributed by atoms with E-state index in [4.69, 9.17) is 4.42 Å². The van der Waals surface area contributed by atoms with Gasteiger partial charge in [-0.3, -0.25) is 0 Å². The molecule has 39 heavy (non-hydrogen) atoms. The number of rotatable bonds is 1. The zero-order valence-corrected chi connectivity index (χ0v) is 21.8. The molecule has 3 aliphatic rings. The van der Waals surface area contributed by atoms with Gasteiger partial charge in [0.25, 0.3) is 0 Å². The maximum absolute atomic E-state index is 6.42. The van der Waals surface area contributed by atoms with Gasteiger partial charge in [0.1, 0.15) is 7.05 Å². The SMILES string of the molecule is Cc1ccc2c(oc3ncccc32)c1-c1ccc2c([n+]1C)C1c3ccccc3C2c2cc3ccccc3cc21. The second kappa shape index (κ2) is 7.42. The Kier molecular flexibility index (Phi) is 4.03. The van der Waals surface area contributed by atoms with Crippen LogP contribution in [0.25, 0.3) is 44.1 Å². The lowest BCUT2D eigenvalue weighted by atomic mass is 9.62. The van der Waals surface area contributed by atoms with Crippen LogP contribution in [0, 0.1) is 6.92 Å². The van der Waals surface area contributed by atoms with Crippen LogP contribution in [0.5, 0.6) is 0 Å². The van der Waals surface area contributed by atoms with Crippen LogP contribution in [0.4, 0.5) is 0 Å². The molecular formula is C36H25N2O+. The van der Waals surface area contributed by atoms with Crippen molar-refractivity contribution in [3.05, 3.63) is 142 Å². The number of hydrogen-bond donors (Lipinski definition) is 0. The molecule has 0 aliphatic heterocycles. The van der Waals surface area contributed by atoms with Gasteiger partial charge in [0.15, 0.2) is 11.3 Å². The number of hydrogen-bond acceptors (Lipinski definition) is 2. The number of nitrogens with zero attached hydrogens (tertiary/aromatic N) is 2. The molecule has 0 fully saturated rings. The van der Waals surface area contributed by atoms with E-state index in [1.54, 1.807) is 6.20 Å². The van der Waals surface area contributed by atoms with Gasteiger partial charge < -0.3 is 4.42 Å². The number of furan rings is 1. The van der Waals surface area contributed by atoms with Crippen molar-refractivity contribution in [3.63, 3.8) is 0 Å². The van der Waals surface area contributed by atoms with Gasteiger partial charge >= 0.3 is 0 Å². The Hall–Kier alpha value is -4.76. The molecule has 0 amide bonds. The van der Waals surface area contributed by atoms with Crippen molar-refractivity contribution in [1.82, 2.24) is 4.98 Å². The predicted molar refractivity (Wildman–Crippen MR) is 155 cm³/mol. The largest absolute Gasteiger partial charge is 0.437 e. The summed E-state index contributed by atoms with van der Waals surface area (Å²) in [5.41, 5.74) is 13.6. The van der Waals surface area contributed by atoms with Gasteiger partial charge in [-0.15, -0.1) is 0 Å². The molecule has 3 heteroatoms. The van der Waals surface area contributed by atoms with Crippen LogP contribution >= 0.6 is 0 Å². The van der Waals surface area contributed by atoms with Gasteiger partial charge in [-0.1, -0.05) is 60.7 Å². The van der Waals surface area contributed by atoms with Crippen LogP contribution < -0.4 is 4.57 Å². The zero-order chi connectivity index (χ0) is 25.8. The Morgan fingerprint density at radius 2 is 1.38 bits per heavy atom. The molecule has 0 N–H and O–H groups in total. The quantitative estimate of drug-likeness (QED) is 0.214. The van der Waals surface area contributed by atoms with Crippen molar-refractivity contribution in [2.24, 2.45) is 7.05 Å².